The van der Waals surface area contributed by atoms with Crippen LogP contribution in [-0.2, 0) is 11.3 Å². The number of ether oxygens (including phenoxy) is 1. The molecule has 0 bridgehead atoms. The SMILES string of the molecule is CCCC(N)C#CCCOCc1ccccc1. The van der Waals surface area contributed by atoms with Crippen molar-refractivity contribution in [2.24, 2.45) is 5.73 Å². The molecule has 0 saturated heterocycles. The van der Waals surface area contributed by atoms with Crippen LogP contribution < -0.4 is 5.73 Å². The van der Waals surface area contributed by atoms with Crippen molar-refractivity contribution in [3.05, 3.63) is 35.9 Å². The van der Waals surface area contributed by atoms with E-state index >= 15 is 0 Å². The monoisotopic (exact) mass is 231 g/mol. The second-order valence-corrected chi connectivity index (χ2v) is 4.00. The van der Waals surface area contributed by atoms with E-state index in [1.54, 1.807) is 0 Å². The highest BCUT2D eigenvalue weighted by molar-refractivity contribution is 5.13. The van der Waals surface area contributed by atoms with Gasteiger partial charge in [-0.25, -0.2) is 0 Å². The molecular formula is C15H21NO. The Kier molecular flexibility index (Phi) is 7.13. The fourth-order valence-electron chi connectivity index (χ4n) is 1.47. The summed E-state index contributed by atoms with van der Waals surface area (Å²) in [7, 11) is 0. The van der Waals surface area contributed by atoms with Crippen LogP contribution in [0, 0.1) is 11.8 Å². The van der Waals surface area contributed by atoms with Gasteiger partial charge in [0.05, 0.1) is 19.3 Å². The molecule has 1 aromatic carbocycles. The van der Waals surface area contributed by atoms with Crippen LogP contribution in [-0.4, -0.2) is 12.6 Å². The van der Waals surface area contributed by atoms with Gasteiger partial charge in [-0.15, -0.1) is 0 Å². The zero-order chi connectivity index (χ0) is 12.3. The maximum atomic E-state index is 5.78. The zero-order valence-electron chi connectivity index (χ0n) is 10.5. The highest BCUT2D eigenvalue weighted by atomic mass is 16.5. The summed E-state index contributed by atoms with van der Waals surface area (Å²) < 4.78 is 5.52. The summed E-state index contributed by atoms with van der Waals surface area (Å²) >= 11 is 0. The quantitative estimate of drug-likeness (QED) is 0.603. The lowest BCUT2D eigenvalue weighted by Crippen LogP contribution is -2.16. The van der Waals surface area contributed by atoms with Crippen LogP contribution in [0.1, 0.15) is 31.7 Å². The molecule has 1 atom stereocenters. The Morgan fingerprint density at radius 3 is 2.76 bits per heavy atom. The fourth-order valence-corrected chi connectivity index (χ4v) is 1.47. The normalized spacial score (nSPS) is 11.6. The smallest absolute Gasteiger partial charge is 0.0717 e. The van der Waals surface area contributed by atoms with Crippen LogP contribution in [0.25, 0.3) is 0 Å². The second kappa shape index (κ2) is 8.81. The van der Waals surface area contributed by atoms with Crippen LogP contribution in [0.15, 0.2) is 30.3 Å². The average Bonchev–Trinajstić information content (AvgIpc) is 2.35. The van der Waals surface area contributed by atoms with Crippen molar-refractivity contribution in [3.63, 3.8) is 0 Å². The number of rotatable bonds is 6. The second-order valence-electron chi connectivity index (χ2n) is 4.00. The van der Waals surface area contributed by atoms with Gasteiger partial charge in [-0.3, -0.25) is 0 Å². The molecule has 0 amide bonds. The van der Waals surface area contributed by atoms with Crippen LogP contribution in [0.4, 0.5) is 0 Å². The highest BCUT2D eigenvalue weighted by Gasteiger charge is 1.93. The van der Waals surface area contributed by atoms with Crippen molar-refractivity contribution in [2.45, 2.75) is 38.8 Å². The van der Waals surface area contributed by atoms with Crippen molar-refractivity contribution in [1.82, 2.24) is 0 Å². The Bertz CT molecular complexity index is 350. The van der Waals surface area contributed by atoms with Gasteiger partial charge in [0.25, 0.3) is 0 Å². The van der Waals surface area contributed by atoms with E-state index in [2.05, 4.69) is 30.9 Å². The van der Waals surface area contributed by atoms with Crippen LogP contribution in [0.5, 0.6) is 0 Å². The number of benzene rings is 1. The molecule has 0 heterocycles. The standard InChI is InChI=1S/C15H21NO/c1-2-8-15(16)11-6-7-12-17-13-14-9-4-3-5-10-14/h3-5,9-10,15H,2,7-8,12-13,16H2,1H3. The van der Waals surface area contributed by atoms with E-state index in [-0.39, 0.29) is 6.04 Å². The van der Waals surface area contributed by atoms with E-state index in [0.29, 0.717) is 13.2 Å². The first-order valence-electron chi connectivity index (χ1n) is 6.18. The molecule has 92 valence electrons. The molecule has 0 aliphatic rings. The molecule has 0 saturated carbocycles. The first-order chi connectivity index (χ1) is 8.33. The predicted octanol–water partition coefficient (Wildman–Crippen LogP) is 2.72. The lowest BCUT2D eigenvalue weighted by Gasteiger charge is -2.02. The third-order valence-corrected chi connectivity index (χ3v) is 2.37. The van der Waals surface area contributed by atoms with Gasteiger partial charge >= 0.3 is 0 Å². The summed E-state index contributed by atoms with van der Waals surface area (Å²) in [6, 6.07) is 10.2. The maximum absolute atomic E-state index is 5.78. The molecule has 0 aliphatic heterocycles. The van der Waals surface area contributed by atoms with E-state index in [4.69, 9.17) is 10.5 Å². The number of nitrogens with two attached hydrogens (primary N) is 1. The molecule has 1 aromatic rings. The molecule has 0 aromatic heterocycles. The fraction of sp³-hybridized carbons (Fsp3) is 0.467. The predicted molar refractivity (Wildman–Crippen MR) is 71.4 cm³/mol. The van der Waals surface area contributed by atoms with Crippen LogP contribution in [0.2, 0.25) is 0 Å². The minimum absolute atomic E-state index is 0.0223. The van der Waals surface area contributed by atoms with Gasteiger partial charge in [0.1, 0.15) is 0 Å². The number of hydrogen-bond acceptors (Lipinski definition) is 2. The van der Waals surface area contributed by atoms with Gasteiger partial charge in [0, 0.05) is 6.42 Å². The molecule has 1 unspecified atom stereocenters. The lowest BCUT2D eigenvalue weighted by molar-refractivity contribution is 0.126. The summed E-state index contributed by atoms with van der Waals surface area (Å²) in [5.41, 5.74) is 6.97. The first-order valence-corrected chi connectivity index (χ1v) is 6.18. The summed E-state index contributed by atoms with van der Waals surface area (Å²) in [4.78, 5) is 0. The Hall–Kier alpha value is -1.30. The Morgan fingerprint density at radius 1 is 1.29 bits per heavy atom. The maximum Gasteiger partial charge on any atom is 0.0717 e. The summed E-state index contributed by atoms with van der Waals surface area (Å²) in [6.45, 7) is 3.44. The zero-order valence-corrected chi connectivity index (χ0v) is 10.5. The number of hydrogen-bond donors (Lipinski definition) is 1. The van der Waals surface area contributed by atoms with Crippen molar-refractivity contribution in [2.75, 3.05) is 6.61 Å². The third kappa shape index (κ3) is 6.78. The summed E-state index contributed by atoms with van der Waals surface area (Å²) in [6.07, 6.45) is 2.81. The topological polar surface area (TPSA) is 35.2 Å². The molecule has 2 nitrogen and oxygen atoms in total. The van der Waals surface area contributed by atoms with E-state index in [1.807, 2.05) is 18.2 Å². The third-order valence-electron chi connectivity index (χ3n) is 2.37. The van der Waals surface area contributed by atoms with Crippen molar-refractivity contribution >= 4 is 0 Å². The van der Waals surface area contributed by atoms with Crippen LogP contribution >= 0.6 is 0 Å². The van der Waals surface area contributed by atoms with E-state index in [1.165, 1.54) is 5.56 Å². The molecule has 1 rings (SSSR count). The van der Waals surface area contributed by atoms with Gasteiger partial charge < -0.3 is 10.5 Å². The molecule has 0 aliphatic carbocycles. The van der Waals surface area contributed by atoms with Gasteiger partial charge in [-0.2, -0.15) is 0 Å². The largest absolute Gasteiger partial charge is 0.376 e. The highest BCUT2D eigenvalue weighted by Crippen LogP contribution is 2.00. The lowest BCUT2D eigenvalue weighted by atomic mass is 10.2. The van der Waals surface area contributed by atoms with E-state index < -0.39 is 0 Å². The summed E-state index contributed by atoms with van der Waals surface area (Å²) in [5, 5.41) is 0. The Labute approximate surface area is 104 Å². The Balaban J connectivity index is 2.09. The van der Waals surface area contributed by atoms with Crippen molar-refractivity contribution in [3.8, 4) is 11.8 Å². The van der Waals surface area contributed by atoms with Crippen LogP contribution in [0.3, 0.4) is 0 Å². The van der Waals surface area contributed by atoms with E-state index in [9.17, 15) is 0 Å². The van der Waals surface area contributed by atoms with Gasteiger partial charge in [-0.05, 0) is 12.0 Å². The van der Waals surface area contributed by atoms with Crippen molar-refractivity contribution in [1.29, 1.82) is 0 Å². The Morgan fingerprint density at radius 2 is 2.06 bits per heavy atom. The average molecular weight is 231 g/mol. The van der Waals surface area contributed by atoms with E-state index in [0.717, 1.165) is 19.3 Å². The summed E-state index contributed by atoms with van der Waals surface area (Å²) in [5.74, 6) is 6.09. The molecule has 2 heteroatoms. The molecule has 0 radical (unpaired) electrons. The van der Waals surface area contributed by atoms with Gasteiger partial charge in [0.15, 0.2) is 0 Å². The van der Waals surface area contributed by atoms with Gasteiger partial charge in [0.2, 0.25) is 0 Å². The molecule has 0 fully saturated rings. The van der Waals surface area contributed by atoms with Crippen molar-refractivity contribution < 1.29 is 4.74 Å². The molecular weight excluding hydrogens is 210 g/mol. The minimum Gasteiger partial charge on any atom is -0.376 e. The molecule has 0 spiro atoms. The first kappa shape index (κ1) is 13.8. The molecule has 2 N–H and O–H groups in total. The molecule has 17 heavy (non-hydrogen) atoms. The minimum atomic E-state index is 0.0223. The van der Waals surface area contributed by atoms with Gasteiger partial charge in [-0.1, -0.05) is 55.5 Å².